The summed E-state index contributed by atoms with van der Waals surface area (Å²) in [6, 6.07) is 19.6. The summed E-state index contributed by atoms with van der Waals surface area (Å²) in [5.41, 5.74) is 9.25. The Hall–Kier alpha value is -3.14. The first-order valence-corrected chi connectivity index (χ1v) is 8.15. The number of carbonyl (C=O) groups excluding carboxylic acids is 1. The molecular formula is C21H20N2O2. The number of oxime groups is 1. The lowest BCUT2D eigenvalue weighted by atomic mass is 9.97. The quantitative estimate of drug-likeness (QED) is 0.548. The number of rotatable bonds is 6. The maximum atomic E-state index is 11.9. The average molecular weight is 332 g/mol. The number of hydrogen-bond acceptors (Lipinski definition) is 3. The van der Waals surface area contributed by atoms with E-state index in [1.807, 2.05) is 67.6 Å². The average Bonchev–Trinajstić information content (AvgIpc) is 2.62. The highest BCUT2D eigenvalue weighted by Gasteiger charge is 2.11. The number of nitrogens with two attached hydrogens (primary N) is 1. The molecule has 3 rings (SSSR count). The predicted octanol–water partition coefficient (Wildman–Crippen LogP) is 3.99. The molecule has 0 heterocycles. The molecule has 1 amide bonds. The fraction of sp³-hybridized carbons (Fsp3) is 0.143. The highest BCUT2D eigenvalue weighted by molar-refractivity contribution is 6.08. The zero-order valence-electron chi connectivity index (χ0n) is 14.1. The van der Waals surface area contributed by atoms with E-state index < -0.39 is 5.91 Å². The van der Waals surface area contributed by atoms with Crippen LogP contribution in [0.5, 0.6) is 0 Å². The molecule has 0 atom stereocenters. The highest BCUT2D eigenvalue weighted by Crippen LogP contribution is 2.22. The molecule has 0 spiro atoms. The second-order valence-electron chi connectivity index (χ2n) is 5.88. The van der Waals surface area contributed by atoms with Crippen molar-refractivity contribution in [2.75, 3.05) is 0 Å². The molecule has 0 saturated heterocycles. The fourth-order valence-corrected chi connectivity index (χ4v) is 2.84. The van der Waals surface area contributed by atoms with Gasteiger partial charge in [-0.1, -0.05) is 65.8 Å². The van der Waals surface area contributed by atoms with E-state index in [2.05, 4.69) is 5.16 Å². The molecular weight excluding hydrogens is 312 g/mol. The molecule has 0 unspecified atom stereocenters. The molecule has 4 heteroatoms. The smallest absolute Gasteiger partial charge is 0.249 e. The lowest BCUT2D eigenvalue weighted by Crippen LogP contribution is -2.14. The third-order valence-electron chi connectivity index (χ3n) is 4.20. The van der Waals surface area contributed by atoms with Gasteiger partial charge in [0, 0.05) is 12.6 Å². The van der Waals surface area contributed by atoms with E-state index in [0.717, 1.165) is 21.9 Å². The number of carbonyl (C=O) groups is 1. The van der Waals surface area contributed by atoms with Gasteiger partial charge in [0.15, 0.2) is 0 Å². The van der Waals surface area contributed by atoms with Gasteiger partial charge in [0.1, 0.15) is 6.61 Å². The van der Waals surface area contributed by atoms with Gasteiger partial charge in [0.05, 0.1) is 5.56 Å². The molecule has 25 heavy (non-hydrogen) atoms. The first kappa shape index (κ1) is 16.7. The summed E-state index contributed by atoms with van der Waals surface area (Å²) < 4.78 is 0. The summed E-state index contributed by atoms with van der Waals surface area (Å²) in [6.45, 7) is 2.46. The van der Waals surface area contributed by atoms with E-state index in [0.29, 0.717) is 18.6 Å². The lowest BCUT2D eigenvalue weighted by molar-refractivity contribution is 0.100. The van der Waals surface area contributed by atoms with Gasteiger partial charge in [0.25, 0.3) is 0 Å². The van der Waals surface area contributed by atoms with E-state index in [1.54, 1.807) is 6.21 Å². The summed E-state index contributed by atoms with van der Waals surface area (Å²) >= 11 is 0. The van der Waals surface area contributed by atoms with E-state index in [1.165, 1.54) is 5.56 Å². The van der Waals surface area contributed by atoms with Gasteiger partial charge in [-0.05, 0) is 34.4 Å². The lowest BCUT2D eigenvalue weighted by Gasteiger charge is -2.08. The van der Waals surface area contributed by atoms with Crippen LogP contribution in [-0.4, -0.2) is 12.1 Å². The molecule has 0 radical (unpaired) electrons. The van der Waals surface area contributed by atoms with Crippen LogP contribution in [0.1, 0.15) is 27.0 Å². The predicted molar refractivity (Wildman–Crippen MR) is 101 cm³/mol. The van der Waals surface area contributed by atoms with E-state index >= 15 is 0 Å². The molecule has 0 aromatic heterocycles. The van der Waals surface area contributed by atoms with E-state index in [4.69, 9.17) is 10.6 Å². The first-order chi connectivity index (χ1) is 12.2. The third kappa shape index (κ3) is 3.86. The number of benzene rings is 3. The molecule has 0 aliphatic rings. The third-order valence-corrected chi connectivity index (χ3v) is 4.20. The van der Waals surface area contributed by atoms with Gasteiger partial charge < -0.3 is 10.6 Å². The van der Waals surface area contributed by atoms with Gasteiger partial charge in [0.2, 0.25) is 5.91 Å². The number of nitrogens with zero attached hydrogens (tertiary/aromatic N) is 1. The second kappa shape index (κ2) is 7.62. The van der Waals surface area contributed by atoms with Crippen molar-refractivity contribution in [2.24, 2.45) is 10.9 Å². The molecule has 0 bridgehead atoms. The van der Waals surface area contributed by atoms with Crippen molar-refractivity contribution in [3.63, 3.8) is 0 Å². The Kier molecular flexibility index (Phi) is 5.09. The van der Waals surface area contributed by atoms with Crippen molar-refractivity contribution in [1.82, 2.24) is 0 Å². The molecule has 4 nitrogen and oxygen atoms in total. The number of aryl methyl sites for hydroxylation is 1. The molecule has 2 N–H and O–H groups in total. The van der Waals surface area contributed by atoms with Crippen LogP contribution in [0.3, 0.4) is 0 Å². The van der Waals surface area contributed by atoms with Gasteiger partial charge in [-0.2, -0.15) is 0 Å². The van der Waals surface area contributed by atoms with Crippen molar-refractivity contribution < 1.29 is 9.63 Å². The Morgan fingerprint density at radius 2 is 1.80 bits per heavy atom. The van der Waals surface area contributed by atoms with Gasteiger partial charge >= 0.3 is 0 Å². The van der Waals surface area contributed by atoms with Gasteiger partial charge in [-0.3, -0.25) is 4.79 Å². The Labute approximate surface area is 146 Å². The van der Waals surface area contributed by atoms with E-state index in [-0.39, 0.29) is 0 Å². The summed E-state index contributed by atoms with van der Waals surface area (Å²) in [7, 11) is 0. The van der Waals surface area contributed by atoms with Crippen molar-refractivity contribution >= 4 is 22.9 Å². The summed E-state index contributed by atoms with van der Waals surface area (Å²) in [6.07, 6.45) is 2.14. The first-order valence-electron chi connectivity index (χ1n) is 8.15. The minimum atomic E-state index is -0.430. The Morgan fingerprint density at radius 1 is 1.04 bits per heavy atom. The minimum Gasteiger partial charge on any atom is -0.391 e. The normalized spacial score (nSPS) is 11.1. The zero-order valence-corrected chi connectivity index (χ0v) is 14.1. The molecule has 3 aromatic rings. The standard InChI is InChI=1S/C21H20N2O2/c1-15-6-2-3-8-18(15)14-25-23-13-12-17-11-10-16-7-4-5-9-19(16)20(17)21(22)24/h2-11,13H,12,14H2,1H3,(H2,22,24). The Morgan fingerprint density at radius 3 is 2.60 bits per heavy atom. The van der Waals surface area contributed by atoms with E-state index in [9.17, 15) is 4.79 Å². The van der Waals surface area contributed by atoms with Crippen LogP contribution in [-0.2, 0) is 17.9 Å². The van der Waals surface area contributed by atoms with Crippen LogP contribution >= 0.6 is 0 Å². The topological polar surface area (TPSA) is 64.7 Å². The van der Waals surface area contributed by atoms with Crippen molar-refractivity contribution in [3.05, 3.63) is 82.9 Å². The number of fused-ring (bicyclic) bond motifs is 1. The maximum Gasteiger partial charge on any atom is 0.249 e. The number of amides is 1. The monoisotopic (exact) mass is 332 g/mol. The SMILES string of the molecule is Cc1ccccc1CON=CCc1ccc2ccccc2c1C(N)=O. The minimum absolute atomic E-state index is 0.420. The van der Waals surface area contributed by atoms with Crippen LogP contribution in [0.2, 0.25) is 0 Å². The molecule has 3 aromatic carbocycles. The Bertz CT molecular complexity index is 932. The van der Waals surface area contributed by atoms with Gasteiger partial charge in [-0.25, -0.2) is 0 Å². The second-order valence-corrected chi connectivity index (χ2v) is 5.88. The molecule has 0 aliphatic carbocycles. The van der Waals surface area contributed by atoms with Crippen LogP contribution in [0, 0.1) is 6.92 Å². The zero-order chi connectivity index (χ0) is 17.6. The summed E-state index contributed by atoms with van der Waals surface area (Å²) in [5.74, 6) is -0.430. The highest BCUT2D eigenvalue weighted by atomic mass is 16.6. The number of hydrogen-bond donors (Lipinski definition) is 1. The number of primary amides is 1. The van der Waals surface area contributed by atoms with Crippen molar-refractivity contribution in [3.8, 4) is 0 Å². The van der Waals surface area contributed by atoms with Crippen LogP contribution in [0.4, 0.5) is 0 Å². The van der Waals surface area contributed by atoms with Gasteiger partial charge in [-0.15, -0.1) is 0 Å². The fourth-order valence-electron chi connectivity index (χ4n) is 2.84. The van der Waals surface area contributed by atoms with Crippen LogP contribution < -0.4 is 5.73 Å². The summed E-state index contributed by atoms with van der Waals surface area (Å²) in [5, 5.41) is 5.86. The maximum absolute atomic E-state index is 11.9. The molecule has 0 aliphatic heterocycles. The largest absolute Gasteiger partial charge is 0.391 e. The van der Waals surface area contributed by atoms with Crippen molar-refractivity contribution in [1.29, 1.82) is 0 Å². The summed E-state index contributed by atoms with van der Waals surface area (Å²) in [4.78, 5) is 17.3. The molecule has 0 saturated carbocycles. The van der Waals surface area contributed by atoms with Crippen LogP contribution in [0.15, 0.2) is 65.8 Å². The molecule has 126 valence electrons. The van der Waals surface area contributed by atoms with Crippen molar-refractivity contribution in [2.45, 2.75) is 20.0 Å². The Balaban J connectivity index is 1.72. The van der Waals surface area contributed by atoms with Crippen LogP contribution in [0.25, 0.3) is 10.8 Å². The molecule has 0 fully saturated rings.